The third kappa shape index (κ3) is 3.74. The van der Waals surface area contributed by atoms with E-state index in [0.717, 1.165) is 24.8 Å². The second-order valence-electron chi connectivity index (χ2n) is 7.53. The third-order valence-corrected chi connectivity index (χ3v) is 6.24. The van der Waals surface area contributed by atoms with Crippen LogP contribution in [0.4, 0.5) is 0 Å². The Bertz CT molecular complexity index is 664. The second kappa shape index (κ2) is 7.97. The number of ether oxygens (including phenoxy) is 1. The first-order chi connectivity index (χ1) is 12.5. The molecule has 1 heterocycles. The number of carbonyl (C=O) groups is 2. The number of rotatable bonds is 5. The minimum Gasteiger partial charge on any atom is -0.481 e. The van der Waals surface area contributed by atoms with Crippen molar-refractivity contribution in [3.8, 4) is 0 Å². The van der Waals surface area contributed by atoms with E-state index in [4.69, 9.17) is 16.3 Å². The van der Waals surface area contributed by atoms with Crippen molar-refractivity contribution >= 4 is 23.5 Å². The molecule has 0 unspecified atom stereocenters. The van der Waals surface area contributed by atoms with Crippen LogP contribution < -0.4 is 5.32 Å². The summed E-state index contributed by atoms with van der Waals surface area (Å²) in [7, 11) is 0. The highest BCUT2D eigenvalue weighted by molar-refractivity contribution is 6.30. The average Bonchev–Trinajstić information content (AvgIpc) is 2.67. The predicted molar refractivity (Wildman–Crippen MR) is 99.3 cm³/mol. The van der Waals surface area contributed by atoms with E-state index in [1.54, 1.807) is 6.07 Å². The summed E-state index contributed by atoms with van der Waals surface area (Å²) >= 11 is 6.15. The van der Waals surface area contributed by atoms with Gasteiger partial charge in [0.1, 0.15) is 0 Å². The molecule has 2 aliphatic rings. The summed E-state index contributed by atoms with van der Waals surface area (Å²) in [5, 5.41) is 13.3. The van der Waals surface area contributed by atoms with Crippen molar-refractivity contribution in [1.29, 1.82) is 0 Å². The quantitative estimate of drug-likeness (QED) is 0.820. The maximum Gasteiger partial charge on any atom is 0.311 e. The van der Waals surface area contributed by atoms with Gasteiger partial charge in [0, 0.05) is 24.8 Å². The van der Waals surface area contributed by atoms with E-state index in [9.17, 15) is 14.7 Å². The fourth-order valence-electron chi connectivity index (χ4n) is 4.27. The van der Waals surface area contributed by atoms with Crippen molar-refractivity contribution in [2.75, 3.05) is 19.8 Å². The summed E-state index contributed by atoms with van der Waals surface area (Å²) in [5.41, 5.74) is -0.676. The molecule has 1 saturated carbocycles. The summed E-state index contributed by atoms with van der Waals surface area (Å²) in [6.07, 6.45) is 5.24. The highest BCUT2D eigenvalue weighted by Crippen LogP contribution is 2.39. The largest absolute Gasteiger partial charge is 0.481 e. The zero-order valence-electron chi connectivity index (χ0n) is 14.9. The zero-order chi connectivity index (χ0) is 18.6. The van der Waals surface area contributed by atoms with Gasteiger partial charge in [-0.15, -0.1) is 0 Å². The van der Waals surface area contributed by atoms with Crippen LogP contribution in [0.1, 0.15) is 50.5 Å². The van der Waals surface area contributed by atoms with Crippen molar-refractivity contribution in [3.05, 3.63) is 34.9 Å². The van der Waals surface area contributed by atoms with E-state index in [1.807, 2.05) is 18.2 Å². The van der Waals surface area contributed by atoms with Gasteiger partial charge in [0.15, 0.2) is 0 Å². The molecule has 5 nitrogen and oxygen atoms in total. The van der Waals surface area contributed by atoms with Gasteiger partial charge in [-0.25, -0.2) is 0 Å². The van der Waals surface area contributed by atoms with E-state index < -0.39 is 16.8 Å². The first-order valence-electron chi connectivity index (χ1n) is 9.34. The molecule has 0 spiro atoms. The average molecular weight is 380 g/mol. The maximum atomic E-state index is 13.2. The molecule has 1 amide bonds. The lowest BCUT2D eigenvalue weighted by Crippen LogP contribution is -2.52. The van der Waals surface area contributed by atoms with Crippen LogP contribution in [0, 0.1) is 5.41 Å². The van der Waals surface area contributed by atoms with E-state index in [0.29, 0.717) is 43.9 Å². The number of amides is 1. The summed E-state index contributed by atoms with van der Waals surface area (Å²) in [4.78, 5) is 25.1. The molecule has 2 fully saturated rings. The molecule has 0 radical (unpaired) electrons. The Kier molecular flexibility index (Phi) is 5.88. The monoisotopic (exact) mass is 379 g/mol. The Hall–Kier alpha value is -1.59. The molecule has 0 bridgehead atoms. The highest BCUT2D eigenvalue weighted by Gasteiger charge is 2.45. The van der Waals surface area contributed by atoms with Crippen LogP contribution in [0.5, 0.6) is 0 Å². The summed E-state index contributed by atoms with van der Waals surface area (Å²) < 4.78 is 5.47. The number of hydrogen-bond acceptors (Lipinski definition) is 3. The SMILES string of the molecule is O=C(O)C1(CNC(=O)C2(c3cccc(Cl)c3)CCOCC2)CCCCC1. The molecule has 3 rings (SSSR count). The normalized spacial score (nSPS) is 21.7. The molecule has 1 aromatic carbocycles. The van der Waals surface area contributed by atoms with Crippen LogP contribution >= 0.6 is 11.6 Å². The van der Waals surface area contributed by atoms with E-state index in [2.05, 4.69) is 5.32 Å². The number of benzene rings is 1. The van der Waals surface area contributed by atoms with E-state index in [-0.39, 0.29) is 12.5 Å². The Morgan fingerprint density at radius 2 is 1.81 bits per heavy atom. The van der Waals surface area contributed by atoms with Crippen molar-refractivity contribution in [2.45, 2.75) is 50.4 Å². The van der Waals surface area contributed by atoms with Crippen molar-refractivity contribution in [2.24, 2.45) is 5.41 Å². The van der Waals surface area contributed by atoms with Crippen molar-refractivity contribution in [1.82, 2.24) is 5.32 Å². The van der Waals surface area contributed by atoms with Crippen LogP contribution in [-0.4, -0.2) is 36.7 Å². The number of nitrogens with one attached hydrogen (secondary N) is 1. The lowest BCUT2D eigenvalue weighted by Gasteiger charge is -2.38. The van der Waals surface area contributed by atoms with Gasteiger partial charge in [-0.1, -0.05) is 43.0 Å². The smallest absolute Gasteiger partial charge is 0.311 e. The fraction of sp³-hybridized carbons (Fsp3) is 0.600. The van der Waals surface area contributed by atoms with Crippen LogP contribution in [0.15, 0.2) is 24.3 Å². The van der Waals surface area contributed by atoms with Crippen LogP contribution in [0.25, 0.3) is 0 Å². The number of hydrogen-bond donors (Lipinski definition) is 2. The number of aliphatic carboxylic acids is 1. The fourth-order valence-corrected chi connectivity index (χ4v) is 4.46. The van der Waals surface area contributed by atoms with E-state index >= 15 is 0 Å². The standard InChI is InChI=1S/C20H26ClNO4/c21-16-6-4-5-15(13-16)20(9-11-26-12-10-20)17(23)22-14-19(18(24)25)7-2-1-3-8-19/h4-6,13H,1-3,7-12,14H2,(H,22,23)(H,24,25). The van der Waals surface area contributed by atoms with Crippen LogP contribution in [-0.2, 0) is 19.7 Å². The summed E-state index contributed by atoms with van der Waals surface area (Å²) in [5.74, 6) is -0.921. The van der Waals surface area contributed by atoms with Gasteiger partial charge < -0.3 is 15.2 Å². The molecule has 1 saturated heterocycles. The first kappa shape index (κ1) is 19.2. The number of carbonyl (C=O) groups excluding carboxylic acids is 1. The van der Waals surface area contributed by atoms with Gasteiger partial charge in [-0.05, 0) is 43.4 Å². The molecule has 0 atom stereocenters. The third-order valence-electron chi connectivity index (χ3n) is 6.01. The van der Waals surface area contributed by atoms with E-state index in [1.165, 1.54) is 0 Å². The first-order valence-corrected chi connectivity index (χ1v) is 9.72. The lowest BCUT2D eigenvalue weighted by atomic mass is 9.71. The summed E-state index contributed by atoms with van der Waals surface area (Å²) in [6, 6.07) is 7.39. The zero-order valence-corrected chi connectivity index (χ0v) is 15.7. The van der Waals surface area contributed by atoms with Gasteiger partial charge in [-0.2, -0.15) is 0 Å². The molecular weight excluding hydrogens is 354 g/mol. The molecular formula is C20H26ClNO4. The molecule has 142 valence electrons. The van der Waals surface area contributed by atoms with Crippen LogP contribution in [0.2, 0.25) is 5.02 Å². The Balaban J connectivity index is 1.81. The highest BCUT2D eigenvalue weighted by atomic mass is 35.5. The number of carboxylic acids is 1. The second-order valence-corrected chi connectivity index (χ2v) is 7.97. The minimum atomic E-state index is -0.839. The van der Waals surface area contributed by atoms with Crippen molar-refractivity contribution in [3.63, 3.8) is 0 Å². The van der Waals surface area contributed by atoms with Gasteiger partial charge in [0.05, 0.1) is 10.8 Å². The van der Waals surface area contributed by atoms with Gasteiger partial charge in [-0.3, -0.25) is 9.59 Å². The Labute approximate surface area is 159 Å². The molecule has 1 aliphatic heterocycles. The molecule has 1 aliphatic carbocycles. The molecule has 1 aromatic rings. The number of carboxylic acid groups (broad SMARTS) is 1. The van der Waals surface area contributed by atoms with Crippen LogP contribution in [0.3, 0.4) is 0 Å². The van der Waals surface area contributed by atoms with Gasteiger partial charge in [0.25, 0.3) is 0 Å². The van der Waals surface area contributed by atoms with Gasteiger partial charge in [0.2, 0.25) is 5.91 Å². The molecule has 0 aromatic heterocycles. The molecule has 26 heavy (non-hydrogen) atoms. The Morgan fingerprint density at radius 1 is 1.12 bits per heavy atom. The predicted octanol–water partition coefficient (Wildman–Crippen LogP) is 3.54. The topological polar surface area (TPSA) is 75.6 Å². The van der Waals surface area contributed by atoms with Gasteiger partial charge >= 0.3 is 5.97 Å². The maximum absolute atomic E-state index is 13.2. The summed E-state index contributed by atoms with van der Waals surface area (Å²) in [6.45, 7) is 1.19. The van der Waals surface area contributed by atoms with Crippen molar-refractivity contribution < 1.29 is 19.4 Å². The minimum absolute atomic E-state index is 0.116. The molecule has 2 N–H and O–H groups in total. The number of halogens is 1. The molecule has 6 heteroatoms. The Morgan fingerprint density at radius 3 is 2.42 bits per heavy atom. The lowest BCUT2D eigenvalue weighted by molar-refractivity contribution is -0.151.